The Morgan fingerprint density at radius 3 is 2.19 bits per heavy atom. The van der Waals surface area contributed by atoms with Crippen LogP contribution < -0.4 is 4.43 Å². The Morgan fingerprint density at radius 2 is 1.69 bits per heavy atom. The lowest BCUT2D eigenvalue weighted by Gasteiger charge is -2.24. The van der Waals surface area contributed by atoms with Crippen molar-refractivity contribution in [3.8, 4) is 5.75 Å². The molecule has 0 unspecified atom stereocenters. The van der Waals surface area contributed by atoms with Crippen molar-refractivity contribution in [1.29, 1.82) is 0 Å². The summed E-state index contributed by atoms with van der Waals surface area (Å²) < 4.78 is 6.14. The molecule has 0 bridgehead atoms. The molecule has 0 amide bonds. The molecule has 90 valence electrons. The summed E-state index contributed by atoms with van der Waals surface area (Å²) in [6, 6.07) is 9.80. The molecule has 0 aliphatic carbocycles. The van der Waals surface area contributed by atoms with Gasteiger partial charge in [-0.1, -0.05) is 38.8 Å². The molecule has 16 heavy (non-hydrogen) atoms. The predicted octanol–water partition coefficient (Wildman–Crippen LogP) is 4.63. The highest BCUT2D eigenvalue weighted by molar-refractivity contribution is 6.71. The van der Waals surface area contributed by atoms with Crippen molar-refractivity contribution in [1.82, 2.24) is 0 Å². The minimum absolute atomic E-state index is 1.05. The first kappa shape index (κ1) is 13.3. The van der Waals surface area contributed by atoms with Crippen molar-refractivity contribution in [2.75, 3.05) is 0 Å². The number of aryl methyl sites for hydroxylation is 1. The van der Waals surface area contributed by atoms with Crippen LogP contribution >= 0.6 is 0 Å². The van der Waals surface area contributed by atoms with Gasteiger partial charge in [-0.25, -0.2) is 0 Å². The SMILES string of the molecule is CCCC[Si](C)(C)Oc1ccc(CC)cc1. The van der Waals surface area contributed by atoms with E-state index in [1.54, 1.807) is 0 Å². The molecule has 0 saturated carbocycles. The van der Waals surface area contributed by atoms with E-state index in [4.69, 9.17) is 4.43 Å². The molecule has 0 spiro atoms. The highest BCUT2D eigenvalue weighted by atomic mass is 28.4. The standard InChI is InChI=1S/C14H24OSi/c1-5-7-12-16(3,4)15-14-10-8-13(6-2)9-11-14/h8-11H,5-7,12H2,1-4H3. The Morgan fingerprint density at radius 1 is 1.06 bits per heavy atom. The van der Waals surface area contributed by atoms with Crippen LogP contribution in [0.15, 0.2) is 24.3 Å². The lowest BCUT2D eigenvalue weighted by atomic mass is 10.2. The zero-order chi connectivity index (χ0) is 12.0. The minimum Gasteiger partial charge on any atom is -0.544 e. The first-order valence-corrected chi connectivity index (χ1v) is 9.47. The largest absolute Gasteiger partial charge is 0.544 e. The Hall–Kier alpha value is -0.763. The first-order chi connectivity index (χ1) is 7.57. The van der Waals surface area contributed by atoms with E-state index >= 15 is 0 Å². The summed E-state index contributed by atoms with van der Waals surface area (Å²) in [5.74, 6) is 1.05. The molecule has 0 fully saturated rings. The monoisotopic (exact) mass is 236 g/mol. The summed E-state index contributed by atoms with van der Waals surface area (Å²) in [4.78, 5) is 0. The second-order valence-electron chi connectivity index (χ2n) is 4.96. The van der Waals surface area contributed by atoms with Crippen LogP contribution in [-0.4, -0.2) is 8.32 Å². The third-order valence-electron chi connectivity index (χ3n) is 2.86. The molecule has 0 atom stereocenters. The average Bonchev–Trinajstić information content (AvgIpc) is 2.27. The molecular weight excluding hydrogens is 212 g/mol. The van der Waals surface area contributed by atoms with E-state index in [-0.39, 0.29) is 0 Å². The van der Waals surface area contributed by atoms with Gasteiger partial charge in [0.25, 0.3) is 0 Å². The van der Waals surface area contributed by atoms with Crippen LogP contribution in [0.3, 0.4) is 0 Å². The molecule has 0 radical (unpaired) electrons. The van der Waals surface area contributed by atoms with Crippen molar-refractivity contribution in [2.45, 2.75) is 52.2 Å². The fourth-order valence-corrected chi connectivity index (χ4v) is 3.85. The van der Waals surface area contributed by atoms with E-state index in [1.165, 1.54) is 24.4 Å². The number of hydrogen-bond donors (Lipinski definition) is 0. The van der Waals surface area contributed by atoms with Gasteiger partial charge in [0, 0.05) is 0 Å². The fourth-order valence-electron chi connectivity index (χ4n) is 1.77. The van der Waals surface area contributed by atoms with E-state index in [0.717, 1.165) is 12.2 Å². The van der Waals surface area contributed by atoms with Crippen LogP contribution in [0.2, 0.25) is 19.1 Å². The summed E-state index contributed by atoms with van der Waals surface area (Å²) in [7, 11) is -1.49. The highest BCUT2D eigenvalue weighted by Gasteiger charge is 2.23. The first-order valence-electron chi connectivity index (χ1n) is 6.35. The van der Waals surface area contributed by atoms with Gasteiger partial charge in [-0.15, -0.1) is 0 Å². The van der Waals surface area contributed by atoms with E-state index < -0.39 is 8.32 Å². The van der Waals surface area contributed by atoms with Gasteiger partial charge in [-0.2, -0.15) is 0 Å². The Labute approximate surface area is 101 Å². The Kier molecular flexibility index (Phi) is 5.06. The van der Waals surface area contributed by atoms with Crippen LogP contribution in [-0.2, 0) is 6.42 Å². The molecule has 1 aromatic rings. The van der Waals surface area contributed by atoms with E-state index in [9.17, 15) is 0 Å². The number of unbranched alkanes of at least 4 members (excludes halogenated alkanes) is 1. The minimum atomic E-state index is -1.49. The summed E-state index contributed by atoms with van der Waals surface area (Å²) >= 11 is 0. The maximum Gasteiger partial charge on any atom is 0.245 e. The van der Waals surface area contributed by atoms with Gasteiger partial charge in [0.2, 0.25) is 8.32 Å². The van der Waals surface area contributed by atoms with Crippen molar-refractivity contribution < 1.29 is 4.43 Å². The van der Waals surface area contributed by atoms with Crippen molar-refractivity contribution in [3.63, 3.8) is 0 Å². The Balaban J connectivity index is 2.57. The average molecular weight is 236 g/mol. The molecule has 0 N–H and O–H groups in total. The molecular formula is C14H24OSi. The Bertz CT molecular complexity index is 303. The molecule has 1 nitrogen and oxygen atoms in total. The summed E-state index contributed by atoms with van der Waals surface area (Å²) in [6.45, 7) is 9.02. The van der Waals surface area contributed by atoms with Crippen LogP contribution in [0.1, 0.15) is 32.3 Å². The smallest absolute Gasteiger partial charge is 0.245 e. The fraction of sp³-hybridized carbons (Fsp3) is 0.571. The third kappa shape index (κ3) is 4.39. The van der Waals surface area contributed by atoms with Crippen LogP contribution in [0.4, 0.5) is 0 Å². The van der Waals surface area contributed by atoms with E-state index in [1.807, 2.05) is 0 Å². The van der Waals surface area contributed by atoms with Crippen molar-refractivity contribution in [3.05, 3.63) is 29.8 Å². The quantitative estimate of drug-likeness (QED) is 0.654. The zero-order valence-corrected chi connectivity index (χ0v) is 12.0. The van der Waals surface area contributed by atoms with E-state index in [2.05, 4.69) is 51.2 Å². The van der Waals surface area contributed by atoms with Crippen molar-refractivity contribution in [2.24, 2.45) is 0 Å². The molecule has 0 aliphatic heterocycles. The maximum atomic E-state index is 6.14. The van der Waals surface area contributed by atoms with Crippen LogP contribution in [0, 0.1) is 0 Å². The third-order valence-corrected chi connectivity index (χ3v) is 5.20. The van der Waals surface area contributed by atoms with Gasteiger partial charge < -0.3 is 4.43 Å². The highest BCUT2D eigenvalue weighted by Crippen LogP contribution is 2.21. The normalized spacial score (nSPS) is 11.5. The van der Waals surface area contributed by atoms with Crippen LogP contribution in [0.25, 0.3) is 0 Å². The number of rotatable bonds is 6. The van der Waals surface area contributed by atoms with Gasteiger partial charge in [-0.05, 0) is 43.3 Å². The molecule has 0 aliphatic rings. The van der Waals surface area contributed by atoms with Crippen LogP contribution in [0.5, 0.6) is 5.75 Å². The number of benzene rings is 1. The second kappa shape index (κ2) is 6.09. The topological polar surface area (TPSA) is 9.23 Å². The summed E-state index contributed by atoms with van der Waals surface area (Å²) in [6.07, 6.45) is 3.64. The van der Waals surface area contributed by atoms with E-state index in [0.29, 0.717) is 0 Å². The van der Waals surface area contributed by atoms with Gasteiger partial charge in [0.15, 0.2) is 0 Å². The van der Waals surface area contributed by atoms with Crippen molar-refractivity contribution >= 4 is 8.32 Å². The summed E-state index contributed by atoms with van der Waals surface area (Å²) in [5.41, 5.74) is 1.38. The summed E-state index contributed by atoms with van der Waals surface area (Å²) in [5, 5.41) is 0. The predicted molar refractivity (Wildman–Crippen MR) is 73.6 cm³/mol. The van der Waals surface area contributed by atoms with Gasteiger partial charge in [0.05, 0.1) is 0 Å². The maximum absolute atomic E-state index is 6.14. The lowest BCUT2D eigenvalue weighted by molar-refractivity contribution is 0.542. The zero-order valence-electron chi connectivity index (χ0n) is 11.0. The van der Waals surface area contributed by atoms with Gasteiger partial charge in [0.1, 0.15) is 5.75 Å². The van der Waals surface area contributed by atoms with Gasteiger partial charge >= 0.3 is 0 Å². The molecule has 1 rings (SSSR count). The van der Waals surface area contributed by atoms with Gasteiger partial charge in [-0.3, -0.25) is 0 Å². The molecule has 1 aromatic carbocycles. The molecule has 2 heteroatoms. The lowest BCUT2D eigenvalue weighted by Crippen LogP contribution is -2.33. The second-order valence-corrected chi connectivity index (χ2v) is 9.19. The number of hydrogen-bond acceptors (Lipinski definition) is 1. The molecule has 0 heterocycles. The molecule has 0 aromatic heterocycles. The molecule has 0 saturated heterocycles.